The molecule has 4 nitrogen and oxygen atoms in total. The smallest absolute Gasteiger partial charge is 0.266 e. The molecule has 0 aliphatic carbocycles. The van der Waals surface area contributed by atoms with E-state index in [1.165, 1.54) is 5.56 Å². The van der Waals surface area contributed by atoms with Crippen molar-refractivity contribution in [2.45, 2.75) is 13.5 Å². The van der Waals surface area contributed by atoms with Crippen molar-refractivity contribution in [1.29, 1.82) is 5.26 Å². The fourth-order valence-electron chi connectivity index (χ4n) is 2.64. The van der Waals surface area contributed by atoms with Crippen LogP contribution in [0, 0.1) is 18.3 Å². The van der Waals surface area contributed by atoms with Gasteiger partial charge in [-0.1, -0.05) is 52.3 Å². The number of nitrogens with zero attached hydrogens (tertiary/aromatic N) is 1. The van der Waals surface area contributed by atoms with Crippen LogP contribution in [-0.4, -0.2) is 5.91 Å². The zero-order valence-corrected chi connectivity index (χ0v) is 17.4. The second-order valence-electron chi connectivity index (χ2n) is 6.42. The van der Waals surface area contributed by atoms with Gasteiger partial charge >= 0.3 is 0 Å². The summed E-state index contributed by atoms with van der Waals surface area (Å²) in [7, 11) is 0. The molecule has 3 rings (SSSR count). The summed E-state index contributed by atoms with van der Waals surface area (Å²) in [6, 6.07) is 24.5. The first-order chi connectivity index (χ1) is 14.0. The number of nitrogens with one attached hydrogen (secondary N) is 1. The molecule has 0 unspecified atom stereocenters. The summed E-state index contributed by atoms with van der Waals surface area (Å²) in [5, 5.41) is 12.1. The minimum Gasteiger partial charge on any atom is -0.489 e. The molecule has 1 amide bonds. The minimum atomic E-state index is -0.449. The molecule has 0 aliphatic heterocycles. The van der Waals surface area contributed by atoms with E-state index in [-0.39, 0.29) is 5.57 Å². The quantitative estimate of drug-likeness (QED) is 0.379. The number of rotatable bonds is 6. The van der Waals surface area contributed by atoms with E-state index in [1.807, 2.05) is 60.7 Å². The van der Waals surface area contributed by atoms with Crippen LogP contribution < -0.4 is 10.1 Å². The SMILES string of the molecule is Cc1ccccc1COc1ccc(/C=C(\C#N)C(=O)Nc2ccc(Br)cc2)cc1. The summed E-state index contributed by atoms with van der Waals surface area (Å²) >= 11 is 3.35. The predicted octanol–water partition coefficient (Wildman–Crippen LogP) is 5.88. The number of hydrogen-bond donors (Lipinski definition) is 1. The van der Waals surface area contributed by atoms with E-state index in [1.54, 1.807) is 18.2 Å². The van der Waals surface area contributed by atoms with E-state index in [0.29, 0.717) is 12.3 Å². The molecule has 0 saturated heterocycles. The van der Waals surface area contributed by atoms with E-state index >= 15 is 0 Å². The van der Waals surface area contributed by atoms with Crippen molar-refractivity contribution in [2.75, 3.05) is 5.32 Å². The third-order valence-electron chi connectivity index (χ3n) is 4.31. The highest BCUT2D eigenvalue weighted by Gasteiger charge is 2.09. The third kappa shape index (κ3) is 5.81. The number of carbonyl (C=O) groups is 1. The largest absolute Gasteiger partial charge is 0.489 e. The second kappa shape index (κ2) is 9.72. The number of nitriles is 1. The summed E-state index contributed by atoms with van der Waals surface area (Å²) in [5.74, 6) is 0.276. The lowest BCUT2D eigenvalue weighted by atomic mass is 10.1. The fraction of sp³-hybridized carbons (Fsp3) is 0.0833. The van der Waals surface area contributed by atoms with Gasteiger partial charge in [-0.2, -0.15) is 5.26 Å². The predicted molar refractivity (Wildman–Crippen MR) is 118 cm³/mol. The van der Waals surface area contributed by atoms with Crippen molar-refractivity contribution in [2.24, 2.45) is 0 Å². The first-order valence-electron chi connectivity index (χ1n) is 9.01. The summed E-state index contributed by atoms with van der Waals surface area (Å²) < 4.78 is 6.74. The average Bonchev–Trinajstić information content (AvgIpc) is 2.74. The van der Waals surface area contributed by atoms with E-state index in [4.69, 9.17) is 4.74 Å². The van der Waals surface area contributed by atoms with Crippen LogP contribution in [0.4, 0.5) is 5.69 Å². The Morgan fingerprint density at radius 2 is 1.76 bits per heavy atom. The van der Waals surface area contributed by atoms with Crippen molar-refractivity contribution in [3.05, 3.63) is 99.5 Å². The summed E-state index contributed by atoms with van der Waals surface area (Å²) in [4.78, 5) is 12.4. The van der Waals surface area contributed by atoms with Gasteiger partial charge in [0.1, 0.15) is 24.0 Å². The first kappa shape index (κ1) is 20.4. The lowest BCUT2D eigenvalue weighted by Gasteiger charge is -2.09. The van der Waals surface area contributed by atoms with Crippen LogP contribution in [0.25, 0.3) is 6.08 Å². The van der Waals surface area contributed by atoms with Crippen molar-refractivity contribution >= 4 is 33.6 Å². The molecule has 0 heterocycles. The highest BCUT2D eigenvalue weighted by molar-refractivity contribution is 9.10. The van der Waals surface area contributed by atoms with E-state index in [9.17, 15) is 10.1 Å². The van der Waals surface area contributed by atoms with Crippen LogP contribution >= 0.6 is 15.9 Å². The van der Waals surface area contributed by atoms with Gasteiger partial charge in [-0.3, -0.25) is 4.79 Å². The van der Waals surface area contributed by atoms with Gasteiger partial charge in [-0.15, -0.1) is 0 Å². The first-order valence-corrected chi connectivity index (χ1v) is 9.80. The van der Waals surface area contributed by atoms with Crippen LogP contribution in [-0.2, 0) is 11.4 Å². The molecule has 0 atom stereocenters. The number of aryl methyl sites for hydroxylation is 1. The van der Waals surface area contributed by atoms with Crippen LogP contribution in [0.2, 0.25) is 0 Å². The molecule has 3 aromatic rings. The molecule has 0 aromatic heterocycles. The Morgan fingerprint density at radius 3 is 2.41 bits per heavy atom. The van der Waals surface area contributed by atoms with E-state index < -0.39 is 5.91 Å². The number of carbonyl (C=O) groups excluding carboxylic acids is 1. The molecule has 0 bridgehead atoms. The van der Waals surface area contributed by atoms with Gasteiger partial charge in [0.05, 0.1) is 0 Å². The maximum Gasteiger partial charge on any atom is 0.266 e. The summed E-state index contributed by atoms with van der Waals surface area (Å²) in [5.41, 5.74) is 3.71. The number of ether oxygens (including phenoxy) is 1. The topological polar surface area (TPSA) is 62.1 Å². The lowest BCUT2D eigenvalue weighted by molar-refractivity contribution is -0.112. The second-order valence-corrected chi connectivity index (χ2v) is 7.33. The normalized spacial score (nSPS) is 10.9. The van der Waals surface area contributed by atoms with Crippen molar-refractivity contribution in [1.82, 2.24) is 0 Å². The molecule has 0 aliphatic rings. The number of hydrogen-bond acceptors (Lipinski definition) is 3. The van der Waals surface area contributed by atoms with Gasteiger partial charge < -0.3 is 10.1 Å². The van der Waals surface area contributed by atoms with Crippen molar-refractivity contribution in [3.63, 3.8) is 0 Å². The zero-order chi connectivity index (χ0) is 20.6. The van der Waals surface area contributed by atoms with E-state index in [0.717, 1.165) is 21.3 Å². The van der Waals surface area contributed by atoms with Crippen LogP contribution in [0.3, 0.4) is 0 Å². The monoisotopic (exact) mass is 446 g/mol. The van der Waals surface area contributed by atoms with Crippen LogP contribution in [0.15, 0.2) is 82.8 Å². The summed E-state index contributed by atoms with van der Waals surface area (Å²) in [6.45, 7) is 2.54. The Morgan fingerprint density at radius 1 is 1.07 bits per heavy atom. The number of anilines is 1. The number of benzene rings is 3. The van der Waals surface area contributed by atoms with Crippen LogP contribution in [0.5, 0.6) is 5.75 Å². The number of halogens is 1. The molecular formula is C24H19BrN2O2. The Hall–Kier alpha value is -3.36. The lowest BCUT2D eigenvalue weighted by Crippen LogP contribution is -2.13. The molecule has 3 aromatic carbocycles. The number of amides is 1. The Kier molecular flexibility index (Phi) is 6.83. The highest BCUT2D eigenvalue weighted by atomic mass is 79.9. The highest BCUT2D eigenvalue weighted by Crippen LogP contribution is 2.18. The van der Waals surface area contributed by atoms with Gasteiger partial charge in [0.15, 0.2) is 0 Å². The molecule has 0 saturated carbocycles. The molecule has 29 heavy (non-hydrogen) atoms. The van der Waals surface area contributed by atoms with Gasteiger partial charge in [-0.25, -0.2) is 0 Å². The third-order valence-corrected chi connectivity index (χ3v) is 4.84. The average molecular weight is 447 g/mol. The fourth-order valence-corrected chi connectivity index (χ4v) is 2.90. The molecule has 1 N–H and O–H groups in total. The van der Waals surface area contributed by atoms with E-state index in [2.05, 4.69) is 34.2 Å². The summed E-state index contributed by atoms with van der Waals surface area (Å²) in [6.07, 6.45) is 1.55. The molecule has 0 spiro atoms. The van der Waals surface area contributed by atoms with Crippen molar-refractivity contribution in [3.8, 4) is 11.8 Å². The van der Waals surface area contributed by atoms with Crippen molar-refractivity contribution < 1.29 is 9.53 Å². The van der Waals surface area contributed by atoms with Gasteiger partial charge in [0.25, 0.3) is 5.91 Å². The standard InChI is InChI=1S/C24H19BrN2O2/c1-17-4-2-3-5-19(17)16-29-23-12-6-18(7-13-23)14-20(15-26)24(28)27-22-10-8-21(25)9-11-22/h2-14H,16H2,1H3,(H,27,28)/b20-14+. The maximum atomic E-state index is 12.4. The Bertz CT molecular complexity index is 1070. The minimum absolute atomic E-state index is 0.0292. The van der Waals surface area contributed by atoms with Crippen LogP contribution in [0.1, 0.15) is 16.7 Å². The Balaban J connectivity index is 1.65. The molecule has 0 radical (unpaired) electrons. The zero-order valence-electron chi connectivity index (χ0n) is 15.9. The van der Waals surface area contributed by atoms with Gasteiger partial charge in [0, 0.05) is 10.2 Å². The molecule has 5 heteroatoms. The molecular weight excluding hydrogens is 428 g/mol. The maximum absolute atomic E-state index is 12.4. The molecule has 0 fully saturated rings. The Labute approximate surface area is 178 Å². The van der Waals surface area contributed by atoms with Gasteiger partial charge in [0.2, 0.25) is 0 Å². The van der Waals surface area contributed by atoms with Gasteiger partial charge in [-0.05, 0) is 66.1 Å². The molecule has 144 valence electrons.